The molecule has 1 aromatic carbocycles. The highest BCUT2D eigenvalue weighted by molar-refractivity contribution is 9.10. The minimum Gasteiger partial charge on any atom is -0.336 e. The Balaban J connectivity index is 2.33. The van der Waals surface area contributed by atoms with Crippen LogP contribution in [0.4, 0.5) is 4.39 Å². The molecule has 1 heterocycles. The van der Waals surface area contributed by atoms with Crippen LogP contribution in [0.3, 0.4) is 0 Å². The van der Waals surface area contributed by atoms with Crippen LogP contribution in [-0.2, 0) is 0 Å². The Morgan fingerprint density at radius 3 is 2.88 bits per heavy atom. The molecule has 1 aromatic rings. The molecule has 2 rings (SSSR count). The number of hydrogen-bond donors (Lipinski definition) is 0. The standard InChI is InChI=1S/C12H13BrFNO/c1-8-4-3-7-15(8)12(16)11-9(13)5-2-6-10(11)14/h2,5-6,8H,3-4,7H2,1H3. The molecule has 1 fully saturated rings. The quantitative estimate of drug-likeness (QED) is 0.776. The predicted octanol–water partition coefficient (Wildman–Crippen LogP) is 3.21. The van der Waals surface area contributed by atoms with E-state index in [-0.39, 0.29) is 17.5 Å². The second-order valence-corrected chi connectivity index (χ2v) is 4.94. The summed E-state index contributed by atoms with van der Waals surface area (Å²) in [5.41, 5.74) is 0.149. The fourth-order valence-electron chi connectivity index (χ4n) is 2.08. The second-order valence-electron chi connectivity index (χ2n) is 4.09. The van der Waals surface area contributed by atoms with Crippen molar-refractivity contribution < 1.29 is 9.18 Å². The highest BCUT2D eigenvalue weighted by atomic mass is 79.9. The van der Waals surface area contributed by atoms with E-state index in [1.165, 1.54) is 6.07 Å². The van der Waals surface area contributed by atoms with Crippen LogP contribution < -0.4 is 0 Å². The van der Waals surface area contributed by atoms with Gasteiger partial charge in [0.25, 0.3) is 5.91 Å². The second kappa shape index (κ2) is 4.53. The summed E-state index contributed by atoms with van der Waals surface area (Å²) in [5, 5.41) is 0. The molecule has 1 atom stereocenters. The van der Waals surface area contributed by atoms with Crippen LogP contribution in [0, 0.1) is 5.82 Å². The first-order valence-corrected chi connectivity index (χ1v) is 6.15. The zero-order chi connectivity index (χ0) is 11.7. The number of carbonyl (C=O) groups is 1. The lowest BCUT2D eigenvalue weighted by molar-refractivity contribution is 0.0742. The summed E-state index contributed by atoms with van der Waals surface area (Å²) in [6.07, 6.45) is 2.00. The van der Waals surface area contributed by atoms with Crippen molar-refractivity contribution >= 4 is 21.8 Å². The Morgan fingerprint density at radius 2 is 2.31 bits per heavy atom. The van der Waals surface area contributed by atoms with Crippen molar-refractivity contribution in [3.05, 3.63) is 34.1 Å². The molecule has 0 radical (unpaired) electrons. The Bertz CT molecular complexity index is 401. The van der Waals surface area contributed by atoms with Crippen molar-refractivity contribution in [1.29, 1.82) is 0 Å². The summed E-state index contributed by atoms with van der Waals surface area (Å²) >= 11 is 3.23. The first-order valence-electron chi connectivity index (χ1n) is 5.36. The maximum atomic E-state index is 13.6. The summed E-state index contributed by atoms with van der Waals surface area (Å²) in [5.74, 6) is -0.673. The molecule has 16 heavy (non-hydrogen) atoms. The van der Waals surface area contributed by atoms with Crippen molar-refractivity contribution in [2.45, 2.75) is 25.8 Å². The van der Waals surface area contributed by atoms with Gasteiger partial charge in [-0.05, 0) is 47.8 Å². The van der Waals surface area contributed by atoms with Crippen LogP contribution in [0.1, 0.15) is 30.1 Å². The molecule has 0 aromatic heterocycles. The van der Waals surface area contributed by atoms with Gasteiger partial charge in [0, 0.05) is 17.1 Å². The summed E-state index contributed by atoms with van der Waals surface area (Å²) in [4.78, 5) is 13.9. The minimum absolute atomic E-state index is 0.149. The van der Waals surface area contributed by atoms with Crippen LogP contribution in [0.5, 0.6) is 0 Å². The summed E-state index contributed by atoms with van der Waals surface area (Å²) in [6, 6.07) is 4.80. The molecule has 0 spiro atoms. The van der Waals surface area contributed by atoms with Gasteiger partial charge in [-0.25, -0.2) is 4.39 Å². The molecule has 0 aliphatic carbocycles. The lowest BCUT2D eigenvalue weighted by Crippen LogP contribution is -2.34. The van der Waals surface area contributed by atoms with Gasteiger partial charge in [-0.2, -0.15) is 0 Å². The van der Waals surface area contributed by atoms with E-state index in [0.717, 1.165) is 19.4 Å². The fraction of sp³-hybridized carbons (Fsp3) is 0.417. The topological polar surface area (TPSA) is 20.3 Å². The summed E-state index contributed by atoms with van der Waals surface area (Å²) in [6.45, 7) is 2.72. The average Bonchev–Trinajstić information content (AvgIpc) is 2.64. The molecule has 1 aliphatic heterocycles. The number of carbonyl (C=O) groups excluding carboxylic acids is 1. The Labute approximate surface area is 103 Å². The largest absolute Gasteiger partial charge is 0.336 e. The number of amides is 1. The molecule has 4 heteroatoms. The molecule has 0 bridgehead atoms. The van der Waals surface area contributed by atoms with Gasteiger partial charge in [-0.1, -0.05) is 6.07 Å². The van der Waals surface area contributed by atoms with E-state index < -0.39 is 5.82 Å². The van der Waals surface area contributed by atoms with E-state index in [2.05, 4.69) is 15.9 Å². The SMILES string of the molecule is CC1CCCN1C(=O)c1c(F)cccc1Br. The smallest absolute Gasteiger partial charge is 0.258 e. The molecule has 0 saturated carbocycles. The van der Waals surface area contributed by atoms with Crippen molar-refractivity contribution in [2.75, 3.05) is 6.54 Å². The first-order chi connectivity index (χ1) is 7.61. The maximum absolute atomic E-state index is 13.6. The van der Waals surface area contributed by atoms with Crippen molar-refractivity contribution in [3.63, 3.8) is 0 Å². The monoisotopic (exact) mass is 285 g/mol. The number of rotatable bonds is 1. The Hall–Kier alpha value is -0.900. The van der Waals surface area contributed by atoms with Gasteiger partial charge in [0.1, 0.15) is 5.82 Å². The third kappa shape index (κ3) is 1.98. The van der Waals surface area contributed by atoms with Gasteiger partial charge in [0.2, 0.25) is 0 Å². The molecular formula is C12H13BrFNO. The Kier molecular flexibility index (Phi) is 3.28. The third-order valence-electron chi connectivity index (χ3n) is 2.99. The molecule has 1 saturated heterocycles. The van der Waals surface area contributed by atoms with E-state index in [4.69, 9.17) is 0 Å². The van der Waals surface area contributed by atoms with Gasteiger partial charge in [0.05, 0.1) is 5.56 Å². The molecular weight excluding hydrogens is 273 g/mol. The number of benzene rings is 1. The van der Waals surface area contributed by atoms with Crippen LogP contribution in [0.2, 0.25) is 0 Å². The van der Waals surface area contributed by atoms with E-state index >= 15 is 0 Å². The van der Waals surface area contributed by atoms with Crippen LogP contribution in [-0.4, -0.2) is 23.4 Å². The molecule has 2 nitrogen and oxygen atoms in total. The molecule has 86 valence electrons. The normalized spacial score (nSPS) is 20.2. The third-order valence-corrected chi connectivity index (χ3v) is 3.65. The van der Waals surface area contributed by atoms with Crippen LogP contribution >= 0.6 is 15.9 Å². The molecule has 0 N–H and O–H groups in total. The molecule has 1 amide bonds. The predicted molar refractivity (Wildman–Crippen MR) is 63.8 cm³/mol. The lowest BCUT2D eigenvalue weighted by Gasteiger charge is -2.22. The minimum atomic E-state index is -0.460. The van der Waals surface area contributed by atoms with E-state index in [1.54, 1.807) is 17.0 Å². The van der Waals surface area contributed by atoms with Gasteiger partial charge in [-0.3, -0.25) is 4.79 Å². The number of nitrogens with zero attached hydrogens (tertiary/aromatic N) is 1. The van der Waals surface area contributed by atoms with E-state index in [0.29, 0.717) is 4.47 Å². The Morgan fingerprint density at radius 1 is 1.56 bits per heavy atom. The van der Waals surface area contributed by atoms with Crippen LogP contribution in [0.25, 0.3) is 0 Å². The average molecular weight is 286 g/mol. The van der Waals surface area contributed by atoms with Gasteiger partial charge >= 0.3 is 0 Å². The zero-order valence-electron chi connectivity index (χ0n) is 9.04. The summed E-state index contributed by atoms with van der Waals surface area (Å²) in [7, 11) is 0. The number of likely N-dealkylation sites (tertiary alicyclic amines) is 1. The van der Waals surface area contributed by atoms with Gasteiger partial charge in [0.15, 0.2) is 0 Å². The number of hydrogen-bond acceptors (Lipinski definition) is 1. The van der Waals surface area contributed by atoms with Crippen molar-refractivity contribution in [2.24, 2.45) is 0 Å². The van der Waals surface area contributed by atoms with Crippen molar-refractivity contribution in [1.82, 2.24) is 4.90 Å². The maximum Gasteiger partial charge on any atom is 0.258 e. The first kappa shape index (κ1) is 11.6. The van der Waals surface area contributed by atoms with Gasteiger partial charge in [-0.15, -0.1) is 0 Å². The van der Waals surface area contributed by atoms with Crippen LogP contribution in [0.15, 0.2) is 22.7 Å². The fourth-order valence-corrected chi connectivity index (χ4v) is 2.59. The lowest BCUT2D eigenvalue weighted by atomic mass is 10.1. The van der Waals surface area contributed by atoms with E-state index in [1.807, 2.05) is 6.92 Å². The number of halogens is 2. The molecule has 1 unspecified atom stereocenters. The summed E-state index contributed by atoms with van der Waals surface area (Å²) < 4.78 is 14.1. The zero-order valence-corrected chi connectivity index (χ0v) is 10.6. The highest BCUT2D eigenvalue weighted by Gasteiger charge is 2.28. The van der Waals surface area contributed by atoms with Gasteiger partial charge < -0.3 is 4.90 Å². The highest BCUT2D eigenvalue weighted by Crippen LogP contribution is 2.25. The molecule has 1 aliphatic rings. The van der Waals surface area contributed by atoms with Crippen molar-refractivity contribution in [3.8, 4) is 0 Å². The van der Waals surface area contributed by atoms with E-state index in [9.17, 15) is 9.18 Å².